The molecule has 0 bridgehead atoms. The summed E-state index contributed by atoms with van der Waals surface area (Å²) in [5.41, 5.74) is 6.64. The molecule has 0 aromatic heterocycles. The molecule has 26 heavy (non-hydrogen) atoms. The van der Waals surface area contributed by atoms with Crippen molar-refractivity contribution in [1.82, 2.24) is 0 Å². The first-order chi connectivity index (χ1) is 12.7. The van der Waals surface area contributed by atoms with Crippen molar-refractivity contribution in [2.45, 2.75) is 13.8 Å². The molecule has 3 aromatic rings. The summed E-state index contributed by atoms with van der Waals surface area (Å²) < 4.78 is 4.97. The van der Waals surface area contributed by atoms with Crippen molar-refractivity contribution in [1.29, 1.82) is 0 Å². The van der Waals surface area contributed by atoms with Gasteiger partial charge in [0.25, 0.3) is 0 Å². The Morgan fingerprint density at radius 2 is 1.38 bits per heavy atom. The van der Waals surface area contributed by atoms with Crippen LogP contribution in [0.25, 0.3) is 27.8 Å². The summed E-state index contributed by atoms with van der Waals surface area (Å²) in [6.45, 7) is 4.11. The number of benzene rings is 3. The van der Waals surface area contributed by atoms with Gasteiger partial charge in [0.2, 0.25) is 0 Å². The van der Waals surface area contributed by atoms with Crippen molar-refractivity contribution in [2.24, 2.45) is 0 Å². The topological polar surface area (TPSA) is 26.3 Å². The van der Waals surface area contributed by atoms with Gasteiger partial charge in [-0.25, -0.2) is 4.79 Å². The highest BCUT2D eigenvalue weighted by Crippen LogP contribution is 2.27. The highest BCUT2D eigenvalue weighted by atomic mass is 16.5. The molecule has 0 aliphatic carbocycles. The Morgan fingerprint density at radius 3 is 2.00 bits per heavy atom. The van der Waals surface area contributed by atoms with Crippen LogP contribution in [0.5, 0.6) is 0 Å². The molecule has 3 aromatic carbocycles. The van der Waals surface area contributed by atoms with Gasteiger partial charge in [0.05, 0.1) is 6.61 Å². The van der Waals surface area contributed by atoms with E-state index in [2.05, 4.69) is 60.7 Å². The second kappa shape index (κ2) is 8.30. The molecule has 130 valence electrons. The Bertz CT molecular complexity index is 906. The molecule has 2 nitrogen and oxygen atoms in total. The molecule has 2 heteroatoms. The Morgan fingerprint density at radius 1 is 0.808 bits per heavy atom. The van der Waals surface area contributed by atoms with E-state index in [1.807, 2.05) is 25.1 Å². The third-order valence-corrected chi connectivity index (χ3v) is 4.26. The molecule has 0 aliphatic rings. The highest BCUT2D eigenvalue weighted by molar-refractivity contribution is 5.91. The summed E-state index contributed by atoms with van der Waals surface area (Å²) in [4.78, 5) is 11.6. The van der Waals surface area contributed by atoms with Crippen LogP contribution in [0.4, 0.5) is 0 Å². The van der Waals surface area contributed by atoms with Crippen molar-refractivity contribution < 1.29 is 9.53 Å². The Labute approximate surface area is 154 Å². The van der Waals surface area contributed by atoms with Crippen molar-refractivity contribution in [3.8, 4) is 22.3 Å². The van der Waals surface area contributed by atoms with E-state index in [1.165, 1.54) is 22.8 Å². The molecule has 0 saturated carbocycles. The Kier molecular flexibility index (Phi) is 5.65. The largest absolute Gasteiger partial charge is 0.463 e. The van der Waals surface area contributed by atoms with Crippen LogP contribution >= 0.6 is 0 Å². The van der Waals surface area contributed by atoms with Gasteiger partial charge in [-0.3, -0.25) is 0 Å². The number of hydrogen-bond acceptors (Lipinski definition) is 2. The summed E-state index contributed by atoms with van der Waals surface area (Å²) in [7, 11) is 0. The molecule has 0 radical (unpaired) electrons. The van der Waals surface area contributed by atoms with Crippen LogP contribution in [0.1, 0.15) is 19.4 Å². The fraction of sp³-hybridized carbons (Fsp3) is 0.125. The van der Waals surface area contributed by atoms with E-state index in [1.54, 1.807) is 6.92 Å². The lowest BCUT2D eigenvalue weighted by atomic mass is 9.97. The molecule has 0 saturated heterocycles. The number of rotatable bonds is 5. The quantitative estimate of drug-likeness (QED) is 0.421. The van der Waals surface area contributed by atoms with Crippen LogP contribution in [-0.4, -0.2) is 12.6 Å². The van der Waals surface area contributed by atoms with Gasteiger partial charge >= 0.3 is 5.97 Å². The predicted molar refractivity (Wildman–Crippen MR) is 108 cm³/mol. The van der Waals surface area contributed by atoms with E-state index in [0.29, 0.717) is 6.61 Å². The maximum absolute atomic E-state index is 11.6. The molecule has 3 rings (SSSR count). The summed E-state index contributed by atoms with van der Waals surface area (Å²) >= 11 is 0. The molecule has 0 aliphatic heterocycles. The predicted octanol–water partition coefficient (Wildman–Crippen LogP) is 5.99. The Hall–Kier alpha value is -3.13. The summed E-state index contributed by atoms with van der Waals surface area (Å²) in [6.07, 6.45) is 1.54. The molecule has 0 spiro atoms. The van der Waals surface area contributed by atoms with Gasteiger partial charge in [-0.15, -0.1) is 0 Å². The van der Waals surface area contributed by atoms with Crippen molar-refractivity contribution in [2.75, 3.05) is 6.61 Å². The number of ether oxygens (including phenoxy) is 1. The van der Waals surface area contributed by atoms with E-state index in [4.69, 9.17) is 4.74 Å². The molecule has 0 amide bonds. The van der Waals surface area contributed by atoms with E-state index in [0.717, 1.165) is 16.7 Å². The summed E-state index contributed by atoms with van der Waals surface area (Å²) in [5, 5.41) is 0. The van der Waals surface area contributed by atoms with Crippen LogP contribution in [0, 0.1) is 0 Å². The number of carbonyl (C=O) groups is 1. The molecular weight excluding hydrogens is 320 g/mol. The standard InChI is InChI=1S/C24H22O2/c1-3-26-24(25)16-18(2)19-12-14-21(15-13-19)23-11-7-10-22(17-23)20-8-5-4-6-9-20/h4-17H,3H2,1-2H3. The fourth-order valence-corrected chi connectivity index (χ4v) is 2.88. The number of esters is 1. The van der Waals surface area contributed by atoms with Gasteiger partial charge in [0, 0.05) is 6.08 Å². The van der Waals surface area contributed by atoms with Crippen LogP contribution in [0.15, 0.2) is 84.9 Å². The van der Waals surface area contributed by atoms with Crippen molar-refractivity contribution in [3.05, 3.63) is 90.5 Å². The minimum Gasteiger partial charge on any atom is -0.463 e. The second-order valence-corrected chi connectivity index (χ2v) is 6.10. The number of carbonyl (C=O) groups excluding carboxylic acids is 1. The first-order valence-corrected chi connectivity index (χ1v) is 8.78. The van der Waals surface area contributed by atoms with Gasteiger partial charge in [0.15, 0.2) is 0 Å². The third kappa shape index (κ3) is 4.28. The van der Waals surface area contributed by atoms with E-state index >= 15 is 0 Å². The average Bonchev–Trinajstić information content (AvgIpc) is 2.69. The zero-order valence-electron chi connectivity index (χ0n) is 15.1. The monoisotopic (exact) mass is 342 g/mol. The number of hydrogen-bond donors (Lipinski definition) is 0. The van der Waals surface area contributed by atoms with Crippen LogP contribution in [-0.2, 0) is 9.53 Å². The van der Waals surface area contributed by atoms with Crippen LogP contribution in [0.3, 0.4) is 0 Å². The molecule has 0 atom stereocenters. The zero-order chi connectivity index (χ0) is 18.4. The van der Waals surface area contributed by atoms with Crippen molar-refractivity contribution in [3.63, 3.8) is 0 Å². The van der Waals surface area contributed by atoms with Crippen LogP contribution in [0.2, 0.25) is 0 Å². The van der Waals surface area contributed by atoms with Gasteiger partial charge in [-0.1, -0.05) is 72.8 Å². The molecular formula is C24H22O2. The lowest BCUT2D eigenvalue weighted by Gasteiger charge is -2.08. The van der Waals surface area contributed by atoms with Gasteiger partial charge < -0.3 is 4.74 Å². The summed E-state index contributed by atoms with van der Waals surface area (Å²) in [5.74, 6) is -0.301. The van der Waals surface area contributed by atoms with E-state index in [9.17, 15) is 4.79 Å². The average molecular weight is 342 g/mol. The number of allylic oxidation sites excluding steroid dienone is 1. The first kappa shape index (κ1) is 17.7. The fourth-order valence-electron chi connectivity index (χ4n) is 2.88. The zero-order valence-corrected chi connectivity index (χ0v) is 15.1. The third-order valence-electron chi connectivity index (χ3n) is 4.26. The Balaban J connectivity index is 1.84. The minimum atomic E-state index is -0.301. The lowest BCUT2D eigenvalue weighted by molar-refractivity contribution is -0.137. The molecule has 0 heterocycles. The molecule has 0 fully saturated rings. The second-order valence-electron chi connectivity index (χ2n) is 6.10. The normalized spacial score (nSPS) is 11.2. The smallest absolute Gasteiger partial charge is 0.331 e. The molecule has 0 unspecified atom stereocenters. The first-order valence-electron chi connectivity index (χ1n) is 8.78. The van der Waals surface area contributed by atoms with Crippen LogP contribution < -0.4 is 0 Å². The maximum atomic E-state index is 11.6. The van der Waals surface area contributed by atoms with Gasteiger partial charge in [0.1, 0.15) is 0 Å². The van der Waals surface area contributed by atoms with Gasteiger partial charge in [-0.05, 0) is 53.3 Å². The van der Waals surface area contributed by atoms with E-state index in [-0.39, 0.29) is 5.97 Å². The minimum absolute atomic E-state index is 0.301. The van der Waals surface area contributed by atoms with E-state index < -0.39 is 0 Å². The van der Waals surface area contributed by atoms with Gasteiger partial charge in [-0.2, -0.15) is 0 Å². The summed E-state index contributed by atoms with van der Waals surface area (Å²) in [6, 6.07) is 27.1. The SMILES string of the molecule is CCOC(=O)C=C(C)c1ccc(-c2cccc(-c3ccccc3)c2)cc1. The molecule has 0 N–H and O–H groups in total. The lowest BCUT2D eigenvalue weighted by Crippen LogP contribution is -2.00. The highest BCUT2D eigenvalue weighted by Gasteiger charge is 2.04. The van der Waals surface area contributed by atoms with Crippen molar-refractivity contribution >= 4 is 11.5 Å². The maximum Gasteiger partial charge on any atom is 0.331 e.